The Hall–Kier alpha value is -2.50. The molecule has 0 aliphatic heterocycles. The lowest BCUT2D eigenvalue weighted by Gasteiger charge is -2.13. The van der Waals surface area contributed by atoms with Gasteiger partial charge in [0, 0.05) is 17.0 Å². The minimum Gasteiger partial charge on any atom is -0.387 e. The van der Waals surface area contributed by atoms with E-state index in [-0.39, 0.29) is 12.1 Å². The summed E-state index contributed by atoms with van der Waals surface area (Å²) in [6.07, 6.45) is -0.820. The van der Waals surface area contributed by atoms with E-state index in [9.17, 15) is 14.3 Å². The first-order chi connectivity index (χ1) is 11.6. The number of hydrogen-bond donors (Lipinski definition) is 2. The Morgan fingerprint density at radius 2 is 1.92 bits per heavy atom. The lowest BCUT2D eigenvalue weighted by molar-refractivity contribution is 0.0916. The quantitative estimate of drug-likeness (QED) is 0.736. The van der Waals surface area contributed by atoms with E-state index >= 15 is 0 Å². The minimum atomic E-state index is -0.820. The molecule has 3 aromatic rings. The van der Waals surface area contributed by atoms with Crippen LogP contribution in [0.25, 0.3) is 10.4 Å². The molecule has 0 aliphatic carbocycles. The van der Waals surface area contributed by atoms with Crippen molar-refractivity contribution in [3.8, 4) is 10.4 Å². The molecule has 0 saturated heterocycles. The third kappa shape index (κ3) is 3.88. The predicted octanol–water partition coefficient (Wildman–Crippen LogP) is 4.02. The molecule has 2 aromatic carbocycles. The summed E-state index contributed by atoms with van der Waals surface area (Å²) < 4.78 is 13.1. The highest BCUT2D eigenvalue weighted by Gasteiger charge is 2.11. The van der Waals surface area contributed by atoms with Gasteiger partial charge in [0.2, 0.25) is 0 Å². The number of hydrogen-bond acceptors (Lipinski definition) is 3. The van der Waals surface area contributed by atoms with Crippen molar-refractivity contribution in [2.24, 2.45) is 0 Å². The maximum atomic E-state index is 13.1. The van der Waals surface area contributed by atoms with Gasteiger partial charge in [-0.1, -0.05) is 36.4 Å². The summed E-state index contributed by atoms with van der Waals surface area (Å²) in [5.41, 5.74) is 2.04. The summed E-state index contributed by atoms with van der Waals surface area (Å²) in [6, 6.07) is 17.0. The molecule has 5 heteroatoms. The van der Waals surface area contributed by atoms with E-state index in [4.69, 9.17) is 0 Å². The van der Waals surface area contributed by atoms with Gasteiger partial charge >= 0.3 is 0 Å². The molecule has 0 spiro atoms. The molecule has 1 atom stereocenters. The van der Waals surface area contributed by atoms with Crippen LogP contribution in [0, 0.1) is 5.82 Å². The van der Waals surface area contributed by atoms with Gasteiger partial charge in [0.05, 0.1) is 6.10 Å². The van der Waals surface area contributed by atoms with Crippen molar-refractivity contribution >= 4 is 17.2 Å². The van der Waals surface area contributed by atoms with E-state index in [1.165, 1.54) is 18.2 Å². The maximum Gasteiger partial charge on any atom is 0.251 e. The zero-order valence-electron chi connectivity index (χ0n) is 12.8. The number of aliphatic hydroxyl groups excluding tert-OH is 1. The molecule has 0 aliphatic rings. The van der Waals surface area contributed by atoms with Gasteiger partial charge in [0.15, 0.2) is 0 Å². The molecular formula is C19H16FNO2S. The van der Waals surface area contributed by atoms with E-state index in [1.54, 1.807) is 11.3 Å². The average Bonchev–Trinajstić information content (AvgIpc) is 3.14. The molecule has 24 heavy (non-hydrogen) atoms. The third-order valence-electron chi connectivity index (χ3n) is 3.64. The number of amides is 1. The first kappa shape index (κ1) is 16.4. The second-order valence-corrected chi connectivity index (χ2v) is 6.28. The smallest absolute Gasteiger partial charge is 0.251 e. The van der Waals surface area contributed by atoms with Crippen LogP contribution in [-0.4, -0.2) is 17.6 Å². The van der Waals surface area contributed by atoms with Gasteiger partial charge in [0.25, 0.3) is 5.91 Å². The van der Waals surface area contributed by atoms with Gasteiger partial charge < -0.3 is 10.4 Å². The van der Waals surface area contributed by atoms with Crippen LogP contribution in [0.2, 0.25) is 0 Å². The zero-order valence-corrected chi connectivity index (χ0v) is 13.6. The van der Waals surface area contributed by atoms with Gasteiger partial charge in [-0.3, -0.25) is 4.79 Å². The van der Waals surface area contributed by atoms with Crippen LogP contribution in [0.5, 0.6) is 0 Å². The number of rotatable bonds is 5. The van der Waals surface area contributed by atoms with Crippen molar-refractivity contribution in [2.75, 3.05) is 6.54 Å². The summed E-state index contributed by atoms with van der Waals surface area (Å²) in [5.74, 6) is -0.879. The van der Waals surface area contributed by atoms with Crippen LogP contribution in [0.15, 0.2) is 66.0 Å². The topological polar surface area (TPSA) is 49.3 Å². The number of aliphatic hydroxyl groups is 1. The molecule has 3 nitrogen and oxygen atoms in total. The fourth-order valence-corrected chi connectivity index (χ4v) is 3.08. The monoisotopic (exact) mass is 341 g/mol. The second-order valence-electron chi connectivity index (χ2n) is 5.34. The van der Waals surface area contributed by atoms with Crippen molar-refractivity contribution in [3.63, 3.8) is 0 Å². The molecule has 0 fully saturated rings. The van der Waals surface area contributed by atoms with E-state index in [0.29, 0.717) is 0 Å². The molecule has 1 heterocycles. The molecule has 1 amide bonds. The Morgan fingerprint density at radius 3 is 2.58 bits per heavy atom. The summed E-state index contributed by atoms with van der Waals surface area (Å²) in [6.45, 7) is 0.0632. The summed E-state index contributed by atoms with van der Waals surface area (Å²) in [4.78, 5) is 13.1. The zero-order chi connectivity index (χ0) is 16.9. The standard InChI is InChI=1S/C19H16FNO2S/c20-16-4-1-3-15(11-16)19(23)21-12-17(22)13-6-8-14(9-7-13)18-5-2-10-24-18/h1-11,17,22H,12H2,(H,21,23). The number of thiophene rings is 1. The first-order valence-corrected chi connectivity index (χ1v) is 8.37. The number of halogens is 1. The molecule has 1 aromatic heterocycles. The van der Waals surface area contributed by atoms with Gasteiger partial charge in [-0.2, -0.15) is 0 Å². The molecule has 122 valence electrons. The highest BCUT2D eigenvalue weighted by Crippen LogP contribution is 2.25. The van der Waals surface area contributed by atoms with Crippen molar-refractivity contribution in [1.82, 2.24) is 5.32 Å². The van der Waals surface area contributed by atoms with E-state index in [1.807, 2.05) is 41.8 Å². The Balaban J connectivity index is 1.60. The van der Waals surface area contributed by atoms with E-state index in [2.05, 4.69) is 5.32 Å². The summed E-state index contributed by atoms with van der Waals surface area (Å²) >= 11 is 1.65. The predicted molar refractivity (Wildman–Crippen MR) is 93.4 cm³/mol. The SMILES string of the molecule is O=C(NCC(O)c1ccc(-c2cccs2)cc1)c1cccc(F)c1. The van der Waals surface area contributed by atoms with Crippen molar-refractivity contribution in [3.05, 3.63) is 83.0 Å². The molecular weight excluding hydrogens is 325 g/mol. The lowest BCUT2D eigenvalue weighted by Crippen LogP contribution is -2.28. The van der Waals surface area contributed by atoms with Crippen molar-refractivity contribution in [2.45, 2.75) is 6.10 Å². The molecule has 0 saturated carbocycles. The van der Waals surface area contributed by atoms with Crippen LogP contribution >= 0.6 is 11.3 Å². The van der Waals surface area contributed by atoms with Gasteiger partial charge in [-0.25, -0.2) is 4.39 Å². The Labute approximate surface area is 143 Å². The maximum absolute atomic E-state index is 13.1. The van der Waals surface area contributed by atoms with Gasteiger partial charge in [-0.15, -0.1) is 11.3 Å². The molecule has 1 unspecified atom stereocenters. The van der Waals surface area contributed by atoms with E-state index < -0.39 is 17.8 Å². The molecule has 0 bridgehead atoms. The Bertz CT molecular complexity index is 816. The fraction of sp³-hybridized carbons (Fsp3) is 0.105. The van der Waals surface area contributed by atoms with Crippen LogP contribution in [-0.2, 0) is 0 Å². The van der Waals surface area contributed by atoms with Crippen LogP contribution in [0.4, 0.5) is 4.39 Å². The van der Waals surface area contributed by atoms with Crippen LogP contribution < -0.4 is 5.32 Å². The van der Waals surface area contributed by atoms with Crippen molar-refractivity contribution < 1.29 is 14.3 Å². The van der Waals surface area contributed by atoms with Crippen LogP contribution in [0.1, 0.15) is 22.0 Å². The van der Waals surface area contributed by atoms with Crippen molar-refractivity contribution in [1.29, 1.82) is 0 Å². The summed E-state index contributed by atoms with van der Waals surface area (Å²) in [5, 5.41) is 14.8. The normalized spacial score (nSPS) is 11.9. The van der Waals surface area contributed by atoms with E-state index in [0.717, 1.165) is 22.1 Å². The van der Waals surface area contributed by atoms with Gasteiger partial charge in [-0.05, 0) is 40.8 Å². The fourth-order valence-electron chi connectivity index (χ4n) is 2.35. The molecule has 3 rings (SSSR count). The number of carbonyl (C=O) groups excluding carboxylic acids is 1. The van der Waals surface area contributed by atoms with Crippen LogP contribution in [0.3, 0.4) is 0 Å². The Kier molecular flexibility index (Phi) is 5.03. The largest absolute Gasteiger partial charge is 0.387 e. The number of benzene rings is 2. The molecule has 0 radical (unpaired) electrons. The van der Waals surface area contributed by atoms with Gasteiger partial charge in [0.1, 0.15) is 5.82 Å². The Morgan fingerprint density at radius 1 is 1.12 bits per heavy atom. The average molecular weight is 341 g/mol. The lowest BCUT2D eigenvalue weighted by atomic mass is 10.1. The summed E-state index contributed by atoms with van der Waals surface area (Å²) in [7, 11) is 0. The highest BCUT2D eigenvalue weighted by molar-refractivity contribution is 7.13. The minimum absolute atomic E-state index is 0.0632. The second kappa shape index (κ2) is 7.38. The molecule has 2 N–H and O–H groups in total. The number of nitrogens with one attached hydrogen (secondary N) is 1. The number of carbonyl (C=O) groups is 1. The third-order valence-corrected chi connectivity index (χ3v) is 4.56. The first-order valence-electron chi connectivity index (χ1n) is 7.49. The highest BCUT2D eigenvalue weighted by atomic mass is 32.1.